The Balaban J connectivity index is 2.55. The molecule has 0 aliphatic carbocycles. The molecule has 0 amide bonds. The molecule has 0 spiro atoms. The topological polar surface area (TPSA) is 20.2 Å². The lowest BCUT2D eigenvalue weighted by Gasteiger charge is -2.14. The molecule has 2 rings (SSSR count). The van der Waals surface area contributed by atoms with Crippen LogP contribution in [0.5, 0.6) is 0 Å². The van der Waals surface area contributed by atoms with Crippen molar-refractivity contribution in [1.82, 2.24) is 0 Å². The number of hydrogen-bond donors (Lipinski definition) is 1. The van der Waals surface area contributed by atoms with Gasteiger partial charge in [0, 0.05) is 9.15 Å². The lowest BCUT2D eigenvalue weighted by atomic mass is 9.99. The minimum Gasteiger partial charge on any atom is -0.389 e. The minimum atomic E-state index is -0.487. The van der Waals surface area contributed by atoms with Crippen LogP contribution in [0.4, 0.5) is 0 Å². The summed E-state index contributed by atoms with van der Waals surface area (Å²) >= 11 is 2.31. The average Bonchev–Trinajstić information content (AvgIpc) is 2.40. The second-order valence-corrected chi connectivity index (χ2v) is 5.21. The van der Waals surface area contributed by atoms with Gasteiger partial charge in [-0.05, 0) is 40.6 Å². The van der Waals surface area contributed by atoms with E-state index in [1.807, 2.05) is 55.5 Å². The zero-order valence-electron chi connectivity index (χ0n) is 10.2. The molecule has 18 heavy (non-hydrogen) atoms. The van der Waals surface area contributed by atoms with Gasteiger partial charge in [-0.25, -0.2) is 0 Å². The summed E-state index contributed by atoms with van der Waals surface area (Å²) in [4.78, 5) is 0. The number of benzene rings is 2. The van der Waals surface area contributed by atoms with Gasteiger partial charge in [-0.1, -0.05) is 60.7 Å². The van der Waals surface area contributed by atoms with Crippen molar-refractivity contribution in [3.63, 3.8) is 0 Å². The summed E-state index contributed by atoms with van der Waals surface area (Å²) in [6.07, 6.45) is -0.487. The van der Waals surface area contributed by atoms with Crippen molar-refractivity contribution in [2.75, 3.05) is 0 Å². The van der Waals surface area contributed by atoms with Crippen molar-refractivity contribution in [1.29, 1.82) is 0 Å². The third-order valence-electron chi connectivity index (χ3n) is 2.77. The van der Waals surface area contributed by atoms with Crippen LogP contribution in [0.25, 0.3) is 9.15 Å². The third-order valence-corrected chi connectivity index (χ3v) is 3.97. The molecule has 0 fully saturated rings. The van der Waals surface area contributed by atoms with Crippen LogP contribution in [-0.2, 0) is 0 Å². The van der Waals surface area contributed by atoms with Crippen molar-refractivity contribution < 1.29 is 5.11 Å². The summed E-state index contributed by atoms with van der Waals surface area (Å²) in [6.45, 7) is 1.81. The first-order chi connectivity index (χ1) is 8.70. The predicted octanol–water partition coefficient (Wildman–Crippen LogP) is 4.37. The van der Waals surface area contributed by atoms with Crippen LogP contribution < -0.4 is 0 Å². The Morgan fingerprint density at radius 2 is 1.33 bits per heavy atom. The van der Waals surface area contributed by atoms with Crippen molar-refractivity contribution in [2.45, 2.75) is 13.0 Å². The lowest BCUT2D eigenvalue weighted by Crippen LogP contribution is -2.05. The summed E-state index contributed by atoms with van der Waals surface area (Å²) in [5.74, 6) is 0. The zero-order chi connectivity index (χ0) is 13.0. The van der Waals surface area contributed by atoms with Crippen LogP contribution in [-0.4, -0.2) is 11.2 Å². The molecule has 1 unspecified atom stereocenters. The molecule has 0 saturated carbocycles. The van der Waals surface area contributed by atoms with Crippen LogP contribution in [0, 0.1) is 0 Å². The van der Waals surface area contributed by atoms with Crippen molar-refractivity contribution >= 4 is 31.7 Å². The largest absolute Gasteiger partial charge is 0.389 e. The van der Waals surface area contributed by atoms with E-state index in [2.05, 4.69) is 34.7 Å². The molecule has 0 heterocycles. The van der Waals surface area contributed by atoms with Gasteiger partial charge in [0.05, 0.1) is 6.10 Å². The molecule has 0 aliphatic rings. The monoisotopic (exact) mass is 350 g/mol. The molecule has 1 nitrogen and oxygen atoms in total. The van der Waals surface area contributed by atoms with Gasteiger partial charge in [-0.2, -0.15) is 0 Å². The van der Waals surface area contributed by atoms with Crippen LogP contribution in [0.1, 0.15) is 18.1 Å². The van der Waals surface area contributed by atoms with E-state index < -0.39 is 6.10 Å². The van der Waals surface area contributed by atoms with Gasteiger partial charge in [0.1, 0.15) is 0 Å². The number of hydrogen-bond acceptors (Lipinski definition) is 1. The maximum absolute atomic E-state index is 10.0. The van der Waals surface area contributed by atoms with Crippen LogP contribution >= 0.6 is 22.6 Å². The Morgan fingerprint density at radius 3 is 1.78 bits per heavy atom. The first kappa shape index (κ1) is 13.3. The number of rotatable bonds is 3. The SMILES string of the molecule is CC(O)/C(=C(\I)c1ccccc1)c1ccccc1. The minimum absolute atomic E-state index is 0.487. The van der Waals surface area contributed by atoms with E-state index in [9.17, 15) is 5.11 Å². The summed E-state index contributed by atoms with van der Waals surface area (Å²) in [7, 11) is 0. The highest BCUT2D eigenvalue weighted by Crippen LogP contribution is 2.33. The smallest absolute Gasteiger partial charge is 0.0778 e. The molecule has 2 aromatic rings. The van der Waals surface area contributed by atoms with Gasteiger partial charge in [0.2, 0.25) is 0 Å². The van der Waals surface area contributed by atoms with E-state index in [0.29, 0.717) is 0 Å². The fourth-order valence-corrected chi connectivity index (χ4v) is 3.03. The van der Waals surface area contributed by atoms with Crippen LogP contribution in [0.3, 0.4) is 0 Å². The van der Waals surface area contributed by atoms with E-state index in [4.69, 9.17) is 0 Å². The highest BCUT2D eigenvalue weighted by Gasteiger charge is 2.13. The van der Waals surface area contributed by atoms with Gasteiger partial charge < -0.3 is 5.11 Å². The van der Waals surface area contributed by atoms with Crippen LogP contribution in [0.2, 0.25) is 0 Å². The summed E-state index contributed by atoms with van der Waals surface area (Å²) in [5.41, 5.74) is 3.18. The molecule has 1 atom stereocenters. The highest BCUT2D eigenvalue weighted by atomic mass is 127. The fraction of sp³-hybridized carbons (Fsp3) is 0.125. The number of halogens is 1. The van der Waals surface area contributed by atoms with E-state index in [0.717, 1.165) is 20.3 Å². The Kier molecular flexibility index (Phi) is 4.55. The molecule has 0 aliphatic heterocycles. The Hall–Kier alpha value is -1.13. The lowest BCUT2D eigenvalue weighted by molar-refractivity contribution is 0.254. The maximum atomic E-state index is 10.0. The molecule has 2 heteroatoms. The van der Waals surface area contributed by atoms with Gasteiger partial charge in [-0.15, -0.1) is 0 Å². The molecule has 1 N–H and O–H groups in total. The normalized spacial score (nSPS) is 13.9. The maximum Gasteiger partial charge on any atom is 0.0778 e. The molecule has 92 valence electrons. The quantitative estimate of drug-likeness (QED) is 0.644. The van der Waals surface area contributed by atoms with Gasteiger partial charge in [0.15, 0.2) is 0 Å². The van der Waals surface area contributed by atoms with Crippen molar-refractivity contribution in [3.8, 4) is 0 Å². The average molecular weight is 350 g/mol. The van der Waals surface area contributed by atoms with Gasteiger partial charge in [0.25, 0.3) is 0 Å². The third kappa shape index (κ3) is 3.00. The Labute approximate surface area is 121 Å². The van der Waals surface area contributed by atoms with Crippen LogP contribution in [0.15, 0.2) is 60.7 Å². The van der Waals surface area contributed by atoms with Crippen molar-refractivity contribution in [3.05, 3.63) is 71.8 Å². The molecule has 0 aromatic heterocycles. The van der Waals surface area contributed by atoms with E-state index >= 15 is 0 Å². The fourth-order valence-electron chi connectivity index (χ4n) is 1.91. The van der Waals surface area contributed by atoms with E-state index in [1.165, 1.54) is 0 Å². The molecular weight excluding hydrogens is 335 g/mol. The van der Waals surface area contributed by atoms with Crippen molar-refractivity contribution in [2.24, 2.45) is 0 Å². The summed E-state index contributed by atoms with van der Waals surface area (Å²) in [6, 6.07) is 20.2. The molecule has 0 bridgehead atoms. The zero-order valence-corrected chi connectivity index (χ0v) is 12.3. The van der Waals surface area contributed by atoms with Gasteiger partial charge >= 0.3 is 0 Å². The molecular formula is C16H15IO. The summed E-state index contributed by atoms with van der Waals surface area (Å²) < 4.78 is 1.09. The highest BCUT2D eigenvalue weighted by molar-refractivity contribution is 14.1. The second-order valence-electron chi connectivity index (χ2n) is 4.14. The van der Waals surface area contributed by atoms with E-state index in [1.54, 1.807) is 0 Å². The first-order valence-corrected chi connectivity index (χ1v) is 6.96. The Bertz CT molecular complexity index is 530. The first-order valence-electron chi connectivity index (χ1n) is 5.88. The second kappa shape index (κ2) is 6.16. The molecule has 0 radical (unpaired) electrons. The van der Waals surface area contributed by atoms with E-state index in [-0.39, 0.29) is 0 Å². The molecule has 2 aromatic carbocycles. The number of aliphatic hydroxyl groups excluding tert-OH is 1. The predicted molar refractivity (Wildman–Crippen MR) is 85.4 cm³/mol. The molecule has 0 saturated heterocycles. The standard InChI is InChI=1S/C16H15IO/c1-12(18)15(13-8-4-2-5-9-13)16(17)14-10-6-3-7-11-14/h2-12,18H,1H3/b16-15+. The summed E-state index contributed by atoms with van der Waals surface area (Å²) in [5, 5.41) is 10.0. The van der Waals surface area contributed by atoms with Gasteiger partial charge in [-0.3, -0.25) is 0 Å². The number of aliphatic hydroxyl groups is 1. The Morgan fingerprint density at radius 1 is 0.889 bits per heavy atom.